The number of rotatable bonds is 2. The van der Waals surface area contributed by atoms with Crippen molar-refractivity contribution in [2.24, 2.45) is 0 Å². The van der Waals surface area contributed by atoms with Crippen LogP contribution in [0, 0.1) is 0 Å². The van der Waals surface area contributed by atoms with E-state index in [9.17, 15) is 9.90 Å². The highest BCUT2D eigenvalue weighted by atomic mass is 79.9. The summed E-state index contributed by atoms with van der Waals surface area (Å²) in [6, 6.07) is 3.34. The van der Waals surface area contributed by atoms with Crippen LogP contribution in [0.25, 0.3) is 0 Å². The number of phenolic OH excluding ortho intramolecular Hbond substituents is 1. The largest absolute Gasteiger partial charge is 0.507 e. The molecule has 5 heteroatoms. The molecule has 0 amide bonds. The Kier molecular flexibility index (Phi) is 3.05. The summed E-state index contributed by atoms with van der Waals surface area (Å²) in [5.74, 6) is 0.511. The molecule has 0 bridgehead atoms. The number of esters is 1. The van der Waals surface area contributed by atoms with Crippen molar-refractivity contribution in [3.8, 4) is 11.5 Å². The molecule has 0 aromatic heterocycles. The second kappa shape index (κ2) is 4.33. The van der Waals surface area contributed by atoms with Gasteiger partial charge in [0.2, 0.25) is 0 Å². The van der Waals surface area contributed by atoms with E-state index in [4.69, 9.17) is 4.74 Å². The van der Waals surface area contributed by atoms with Crippen molar-refractivity contribution >= 4 is 21.9 Å². The van der Waals surface area contributed by atoms with Gasteiger partial charge in [-0.05, 0) is 22.0 Å². The summed E-state index contributed by atoms with van der Waals surface area (Å²) < 4.78 is 10.6. The van der Waals surface area contributed by atoms with Crippen molar-refractivity contribution < 1.29 is 19.4 Å². The van der Waals surface area contributed by atoms with E-state index < -0.39 is 0 Å². The van der Waals surface area contributed by atoms with E-state index in [1.807, 2.05) is 0 Å². The summed E-state index contributed by atoms with van der Waals surface area (Å²) in [5, 5.41) is 9.48. The maximum absolute atomic E-state index is 11.2. The first-order valence-electron chi connectivity index (χ1n) is 4.84. The van der Waals surface area contributed by atoms with E-state index in [1.54, 1.807) is 12.1 Å². The number of carbonyl (C=O) groups is 1. The van der Waals surface area contributed by atoms with Crippen LogP contribution in [-0.4, -0.2) is 24.8 Å². The van der Waals surface area contributed by atoms with Crippen molar-refractivity contribution in [1.82, 2.24) is 0 Å². The Balaban J connectivity index is 2.25. The molecule has 0 saturated heterocycles. The van der Waals surface area contributed by atoms with Crippen LogP contribution in [-0.2, 0) is 9.53 Å². The molecule has 1 aromatic rings. The molecule has 16 heavy (non-hydrogen) atoms. The summed E-state index contributed by atoms with van der Waals surface area (Å²) in [6.07, 6.45) is 0.292. The average Bonchev–Trinajstić information content (AvgIpc) is 2.62. The molecule has 1 aliphatic heterocycles. The van der Waals surface area contributed by atoms with Crippen molar-refractivity contribution in [1.29, 1.82) is 0 Å². The van der Waals surface area contributed by atoms with Gasteiger partial charge in [-0.15, -0.1) is 0 Å². The molecule has 0 radical (unpaired) electrons. The number of hydrogen-bond donors (Lipinski definition) is 1. The van der Waals surface area contributed by atoms with Gasteiger partial charge in [-0.3, -0.25) is 4.79 Å². The predicted molar refractivity (Wildman–Crippen MR) is 60.7 cm³/mol. The minimum Gasteiger partial charge on any atom is -0.507 e. The third-order valence-electron chi connectivity index (χ3n) is 2.60. The molecule has 0 aliphatic carbocycles. The van der Waals surface area contributed by atoms with E-state index >= 15 is 0 Å². The lowest BCUT2D eigenvalue weighted by Crippen LogP contribution is -2.09. The molecule has 1 aliphatic rings. The van der Waals surface area contributed by atoms with Crippen molar-refractivity contribution in [2.45, 2.75) is 12.3 Å². The summed E-state index contributed by atoms with van der Waals surface area (Å²) in [7, 11) is 1.37. The van der Waals surface area contributed by atoms with E-state index in [2.05, 4.69) is 20.7 Å². The first kappa shape index (κ1) is 11.3. The predicted octanol–water partition coefficient (Wildman–Crippen LogP) is 2.19. The Labute approximate surface area is 101 Å². The highest BCUT2D eigenvalue weighted by Gasteiger charge is 2.27. The van der Waals surface area contributed by atoms with Gasteiger partial charge in [-0.2, -0.15) is 0 Å². The molecule has 1 atom stereocenters. The standard InChI is InChI=1S/C11H11BrO4/c1-15-11(14)2-6-5-16-10-4-9(13)8(12)3-7(6)10/h3-4,6,13H,2,5H2,1H3/t6-/m1/s1. The quantitative estimate of drug-likeness (QED) is 0.847. The van der Waals surface area contributed by atoms with Crippen LogP contribution in [0.1, 0.15) is 17.9 Å². The molecule has 1 N–H and O–H groups in total. The molecule has 0 unspecified atom stereocenters. The SMILES string of the molecule is COC(=O)C[C@@H]1COc2cc(O)c(Br)cc21. The fourth-order valence-electron chi connectivity index (χ4n) is 1.74. The summed E-state index contributed by atoms with van der Waals surface area (Å²) in [4.78, 5) is 11.2. The van der Waals surface area contributed by atoms with Crippen molar-refractivity contribution in [3.63, 3.8) is 0 Å². The van der Waals surface area contributed by atoms with Gasteiger partial charge in [0.05, 0.1) is 24.6 Å². The summed E-state index contributed by atoms with van der Waals surface area (Å²) in [6.45, 7) is 0.445. The number of phenols is 1. The summed E-state index contributed by atoms with van der Waals surface area (Å²) in [5.41, 5.74) is 0.926. The van der Waals surface area contributed by atoms with E-state index in [0.717, 1.165) is 5.56 Å². The number of carbonyl (C=O) groups excluding carboxylic acids is 1. The topological polar surface area (TPSA) is 55.8 Å². The van der Waals surface area contributed by atoms with Gasteiger partial charge in [-0.25, -0.2) is 0 Å². The zero-order valence-corrected chi connectivity index (χ0v) is 10.3. The Bertz CT molecular complexity index is 430. The third kappa shape index (κ3) is 2.00. The zero-order chi connectivity index (χ0) is 11.7. The van der Waals surface area contributed by atoms with Crippen LogP contribution >= 0.6 is 15.9 Å². The van der Waals surface area contributed by atoms with E-state index in [0.29, 0.717) is 23.2 Å². The minimum atomic E-state index is -0.259. The van der Waals surface area contributed by atoms with E-state index in [-0.39, 0.29) is 17.6 Å². The van der Waals surface area contributed by atoms with Crippen LogP contribution in [0.15, 0.2) is 16.6 Å². The number of fused-ring (bicyclic) bond motifs is 1. The molecule has 0 fully saturated rings. The monoisotopic (exact) mass is 286 g/mol. The molecule has 1 aromatic carbocycles. The van der Waals surface area contributed by atoms with Crippen molar-refractivity contribution in [2.75, 3.05) is 13.7 Å². The smallest absolute Gasteiger partial charge is 0.306 e. The lowest BCUT2D eigenvalue weighted by Gasteiger charge is -2.07. The molecular formula is C11H11BrO4. The first-order valence-corrected chi connectivity index (χ1v) is 5.63. The van der Waals surface area contributed by atoms with Gasteiger partial charge in [-0.1, -0.05) is 0 Å². The molecule has 0 saturated carbocycles. The average molecular weight is 287 g/mol. The zero-order valence-electron chi connectivity index (χ0n) is 8.70. The van der Waals surface area contributed by atoms with Gasteiger partial charge in [0.25, 0.3) is 0 Å². The lowest BCUT2D eigenvalue weighted by atomic mass is 9.98. The number of ether oxygens (including phenoxy) is 2. The van der Waals surface area contributed by atoms with Crippen LogP contribution < -0.4 is 4.74 Å². The lowest BCUT2D eigenvalue weighted by molar-refractivity contribution is -0.141. The van der Waals surface area contributed by atoms with Crippen molar-refractivity contribution in [3.05, 3.63) is 22.2 Å². The first-order chi connectivity index (χ1) is 7.61. The molecule has 1 heterocycles. The number of halogens is 1. The minimum absolute atomic E-state index is 0.000602. The van der Waals surface area contributed by atoms with Crippen LogP contribution in [0.5, 0.6) is 11.5 Å². The second-order valence-corrected chi connectivity index (χ2v) is 4.48. The highest BCUT2D eigenvalue weighted by molar-refractivity contribution is 9.10. The number of methoxy groups -OCH3 is 1. The Morgan fingerprint density at radius 3 is 3.12 bits per heavy atom. The van der Waals surface area contributed by atoms with Gasteiger partial charge in [0.1, 0.15) is 11.5 Å². The fraction of sp³-hybridized carbons (Fsp3) is 0.364. The maximum atomic E-state index is 11.2. The molecule has 2 rings (SSSR count). The summed E-state index contributed by atoms with van der Waals surface area (Å²) >= 11 is 3.24. The molecule has 0 spiro atoms. The fourth-order valence-corrected chi connectivity index (χ4v) is 2.10. The number of hydrogen-bond acceptors (Lipinski definition) is 4. The van der Waals surface area contributed by atoms with Gasteiger partial charge < -0.3 is 14.6 Å². The van der Waals surface area contributed by atoms with Crippen LogP contribution in [0.4, 0.5) is 0 Å². The Hall–Kier alpha value is -1.23. The Morgan fingerprint density at radius 2 is 2.44 bits per heavy atom. The number of aromatic hydroxyl groups is 1. The third-order valence-corrected chi connectivity index (χ3v) is 3.23. The highest BCUT2D eigenvalue weighted by Crippen LogP contribution is 2.41. The Morgan fingerprint density at radius 1 is 1.69 bits per heavy atom. The van der Waals surface area contributed by atoms with Gasteiger partial charge in [0.15, 0.2) is 0 Å². The van der Waals surface area contributed by atoms with Gasteiger partial charge in [0, 0.05) is 17.5 Å². The maximum Gasteiger partial charge on any atom is 0.306 e. The molecular weight excluding hydrogens is 276 g/mol. The normalized spacial score (nSPS) is 17.8. The number of benzene rings is 1. The van der Waals surface area contributed by atoms with Crippen LogP contribution in [0.2, 0.25) is 0 Å². The van der Waals surface area contributed by atoms with E-state index in [1.165, 1.54) is 7.11 Å². The van der Waals surface area contributed by atoms with Crippen LogP contribution in [0.3, 0.4) is 0 Å². The van der Waals surface area contributed by atoms with Gasteiger partial charge >= 0.3 is 5.97 Å². The second-order valence-electron chi connectivity index (χ2n) is 3.63. The molecule has 86 valence electrons. The molecule has 4 nitrogen and oxygen atoms in total.